The van der Waals surface area contributed by atoms with Crippen molar-refractivity contribution >= 4 is 54.4 Å². The number of hydrogen-bond donors (Lipinski definition) is 0. The Morgan fingerprint density at radius 3 is 1.12 bits per heavy atom. The highest BCUT2D eigenvalue weighted by Crippen LogP contribution is 2.47. The molecule has 2 heteroatoms. The third-order valence-corrected chi connectivity index (χ3v) is 9.84. The number of aromatic nitrogens is 2. The van der Waals surface area contributed by atoms with Gasteiger partial charge in [0.15, 0.2) is 0 Å². The Hall–Kier alpha value is -6.38. The van der Waals surface area contributed by atoms with Gasteiger partial charge in [0.1, 0.15) is 0 Å². The van der Waals surface area contributed by atoms with Crippen LogP contribution in [-0.4, -0.2) is 9.13 Å². The van der Waals surface area contributed by atoms with Crippen LogP contribution in [0.4, 0.5) is 0 Å². The highest BCUT2D eigenvalue weighted by molar-refractivity contribution is 6.36. The van der Waals surface area contributed by atoms with Gasteiger partial charge in [-0.2, -0.15) is 0 Å². The van der Waals surface area contributed by atoms with E-state index in [4.69, 9.17) is 0 Å². The third-order valence-electron chi connectivity index (χ3n) is 9.84. The van der Waals surface area contributed by atoms with Crippen LogP contribution in [0.2, 0.25) is 0 Å². The SMILES string of the molecule is c1ccc(-c2cc(-c3ccccc3)cc(-n3c4ccccc4c4c5ccccc5c5c6ccccc6n(-c6ccccc6)c5c43)c2)cc1. The van der Waals surface area contributed by atoms with Crippen molar-refractivity contribution in [2.24, 2.45) is 0 Å². The minimum absolute atomic E-state index is 1.14. The minimum Gasteiger partial charge on any atom is -0.307 e. The summed E-state index contributed by atoms with van der Waals surface area (Å²) >= 11 is 0. The smallest absolute Gasteiger partial charge is 0.0795 e. The molecule has 0 N–H and O–H groups in total. The van der Waals surface area contributed by atoms with Gasteiger partial charge in [0.25, 0.3) is 0 Å². The van der Waals surface area contributed by atoms with E-state index in [0.717, 1.165) is 11.4 Å². The van der Waals surface area contributed by atoms with Crippen molar-refractivity contribution in [1.29, 1.82) is 0 Å². The van der Waals surface area contributed by atoms with E-state index in [-0.39, 0.29) is 0 Å². The molecule has 0 saturated heterocycles. The number of fused-ring (bicyclic) bond motifs is 10. The van der Waals surface area contributed by atoms with Crippen LogP contribution in [-0.2, 0) is 0 Å². The van der Waals surface area contributed by atoms with Gasteiger partial charge in [0, 0.05) is 32.9 Å². The zero-order chi connectivity index (χ0) is 31.6. The van der Waals surface area contributed by atoms with E-state index in [1.807, 2.05) is 0 Å². The lowest BCUT2D eigenvalue weighted by atomic mass is 9.97. The van der Waals surface area contributed by atoms with Gasteiger partial charge in [-0.3, -0.25) is 0 Å². The summed E-state index contributed by atoms with van der Waals surface area (Å²) < 4.78 is 5.00. The van der Waals surface area contributed by atoms with E-state index < -0.39 is 0 Å². The molecule has 2 aromatic heterocycles. The molecule has 0 unspecified atom stereocenters. The van der Waals surface area contributed by atoms with Crippen molar-refractivity contribution in [2.45, 2.75) is 0 Å². The van der Waals surface area contributed by atoms with Crippen LogP contribution in [0.1, 0.15) is 0 Å². The van der Waals surface area contributed by atoms with Crippen molar-refractivity contribution < 1.29 is 0 Å². The van der Waals surface area contributed by atoms with E-state index in [0.29, 0.717) is 0 Å². The molecule has 0 saturated carbocycles. The Morgan fingerprint density at radius 2 is 0.646 bits per heavy atom. The maximum atomic E-state index is 2.52. The van der Waals surface area contributed by atoms with Crippen molar-refractivity contribution in [3.63, 3.8) is 0 Å². The topological polar surface area (TPSA) is 9.86 Å². The molecule has 10 aromatic rings. The summed E-state index contributed by atoms with van der Waals surface area (Å²) in [6.07, 6.45) is 0. The average Bonchev–Trinajstić information content (AvgIpc) is 3.70. The number of para-hydroxylation sites is 3. The lowest BCUT2D eigenvalue weighted by Crippen LogP contribution is -2.00. The first-order valence-electron chi connectivity index (χ1n) is 16.5. The molecule has 10 rings (SSSR count). The van der Waals surface area contributed by atoms with E-state index in [1.165, 1.54) is 76.6 Å². The Labute approximate surface area is 278 Å². The number of nitrogens with zero attached hydrogens (tertiary/aromatic N) is 2. The van der Waals surface area contributed by atoms with Crippen LogP contribution < -0.4 is 0 Å². The van der Waals surface area contributed by atoms with Crippen LogP contribution >= 0.6 is 0 Å². The van der Waals surface area contributed by atoms with Crippen molar-refractivity contribution in [1.82, 2.24) is 9.13 Å². The molecule has 2 nitrogen and oxygen atoms in total. The predicted octanol–water partition coefficient (Wildman–Crippen LogP) is 12.4. The molecular weight excluding hydrogens is 581 g/mol. The quantitative estimate of drug-likeness (QED) is 0.188. The molecule has 48 heavy (non-hydrogen) atoms. The third kappa shape index (κ3) is 3.93. The summed E-state index contributed by atoms with van der Waals surface area (Å²) in [7, 11) is 0. The predicted molar refractivity (Wildman–Crippen MR) is 203 cm³/mol. The second kappa shape index (κ2) is 10.6. The van der Waals surface area contributed by atoms with Gasteiger partial charge in [-0.1, -0.05) is 140 Å². The molecule has 8 aromatic carbocycles. The Balaban J connectivity index is 1.47. The molecular formula is C46H30N2. The summed E-state index contributed by atoms with van der Waals surface area (Å²) in [5.74, 6) is 0. The van der Waals surface area contributed by atoms with Crippen LogP contribution in [0, 0.1) is 0 Å². The van der Waals surface area contributed by atoms with E-state index in [1.54, 1.807) is 0 Å². The first-order valence-corrected chi connectivity index (χ1v) is 16.5. The van der Waals surface area contributed by atoms with Crippen molar-refractivity contribution in [2.75, 3.05) is 0 Å². The maximum absolute atomic E-state index is 2.52. The number of rotatable bonds is 4. The number of hydrogen-bond acceptors (Lipinski definition) is 0. The summed E-state index contributed by atoms with van der Waals surface area (Å²) in [6.45, 7) is 0. The summed E-state index contributed by atoms with van der Waals surface area (Å²) in [5.41, 5.74) is 11.9. The first kappa shape index (κ1) is 26.8. The van der Waals surface area contributed by atoms with Crippen LogP contribution in [0.3, 0.4) is 0 Å². The second-order valence-electron chi connectivity index (χ2n) is 12.5. The zero-order valence-corrected chi connectivity index (χ0v) is 26.2. The van der Waals surface area contributed by atoms with Crippen molar-refractivity contribution in [3.05, 3.63) is 182 Å². The molecule has 0 amide bonds. The summed E-state index contributed by atoms with van der Waals surface area (Å²) in [5, 5.41) is 7.62. The van der Waals surface area contributed by atoms with E-state index in [9.17, 15) is 0 Å². The highest BCUT2D eigenvalue weighted by Gasteiger charge is 2.24. The van der Waals surface area contributed by atoms with Crippen molar-refractivity contribution in [3.8, 4) is 33.6 Å². The van der Waals surface area contributed by atoms with E-state index in [2.05, 4.69) is 191 Å². The molecule has 0 spiro atoms. The Bertz CT molecular complexity index is 2750. The fraction of sp³-hybridized carbons (Fsp3) is 0. The summed E-state index contributed by atoms with van der Waals surface area (Å²) in [4.78, 5) is 0. The molecule has 0 fully saturated rings. The summed E-state index contributed by atoms with van der Waals surface area (Å²) in [6, 6.07) is 66.1. The Kier molecular flexibility index (Phi) is 5.91. The molecule has 0 aliphatic carbocycles. The molecule has 0 aliphatic rings. The van der Waals surface area contributed by atoms with Crippen LogP contribution in [0.5, 0.6) is 0 Å². The molecule has 0 bridgehead atoms. The second-order valence-corrected chi connectivity index (χ2v) is 12.5. The van der Waals surface area contributed by atoms with Gasteiger partial charge in [-0.25, -0.2) is 0 Å². The molecule has 0 aliphatic heterocycles. The monoisotopic (exact) mass is 610 g/mol. The van der Waals surface area contributed by atoms with E-state index >= 15 is 0 Å². The Morgan fingerprint density at radius 1 is 0.271 bits per heavy atom. The largest absolute Gasteiger partial charge is 0.307 e. The zero-order valence-electron chi connectivity index (χ0n) is 26.2. The van der Waals surface area contributed by atoms with Gasteiger partial charge in [-0.05, 0) is 75.5 Å². The average molecular weight is 611 g/mol. The fourth-order valence-electron chi connectivity index (χ4n) is 7.84. The molecule has 0 radical (unpaired) electrons. The lowest BCUT2D eigenvalue weighted by Gasteiger charge is -2.16. The molecule has 2 heterocycles. The maximum Gasteiger partial charge on any atom is 0.0795 e. The standard InChI is InChI=1S/C46H30N2/c1-4-16-31(17-5-1)33-28-34(32-18-6-2-7-19-32)30-36(29-33)48-42-27-15-13-25-40(42)44-38-23-11-10-22-37(38)43-39-24-12-14-26-41(39)47(45(43)46(44)48)35-20-8-3-9-21-35/h1-30H. The van der Waals surface area contributed by atoms with Gasteiger partial charge < -0.3 is 9.13 Å². The van der Waals surface area contributed by atoms with Crippen LogP contribution in [0.15, 0.2) is 182 Å². The van der Waals surface area contributed by atoms with Gasteiger partial charge in [0.2, 0.25) is 0 Å². The van der Waals surface area contributed by atoms with Crippen LogP contribution in [0.25, 0.3) is 88.0 Å². The fourth-order valence-corrected chi connectivity index (χ4v) is 7.84. The normalized spacial score (nSPS) is 11.8. The minimum atomic E-state index is 1.14. The number of benzene rings is 8. The lowest BCUT2D eigenvalue weighted by molar-refractivity contribution is 1.15. The molecule has 0 atom stereocenters. The first-order chi connectivity index (χ1) is 23.8. The highest BCUT2D eigenvalue weighted by atomic mass is 15.0. The van der Waals surface area contributed by atoms with Gasteiger partial charge in [0.05, 0.1) is 22.1 Å². The van der Waals surface area contributed by atoms with Gasteiger partial charge in [-0.15, -0.1) is 0 Å². The molecule has 224 valence electrons. The van der Waals surface area contributed by atoms with Gasteiger partial charge >= 0.3 is 0 Å².